The smallest absolute Gasteiger partial charge is 0.303 e. The number of nitrogens with one attached hydrogen (secondary N) is 1. The first kappa shape index (κ1) is 17.9. The molecule has 0 aromatic carbocycles. The molecule has 0 heterocycles. The second-order valence-corrected chi connectivity index (χ2v) is 5.92. The number of carboxylic acid groups (broad SMARTS) is 1. The van der Waals surface area contributed by atoms with E-state index >= 15 is 0 Å². The van der Waals surface area contributed by atoms with E-state index in [-0.39, 0.29) is 30.1 Å². The van der Waals surface area contributed by atoms with Crippen LogP contribution in [-0.4, -0.2) is 30.1 Å². The molecule has 19 heavy (non-hydrogen) atoms. The van der Waals surface area contributed by atoms with Crippen LogP contribution in [0.4, 0.5) is 0 Å². The predicted molar refractivity (Wildman–Crippen MR) is 75.6 cm³/mol. The van der Waals surface area contributed by atoms with Gasteiger partial charge in [0.1, 0.15) is 0 Å². The van der Waals surface area contributed by atoms with E-state index in [0.29, 0.717) is 19.0 Å². The molecule has 0 saturated carbocycles. The van der Waals surface area contributed by atoms with Gasteiger partial charge in [-0.25, -0.2) is 0 Å². The first-order valence-corrected chi connectivity index (χ1v) is 6.97. The van der Waals surface area contributed by atoms with Crippen LogP contribution in [0.2, 0.25) is 0 Å². The monoisotopic (exact) mass is 272 g/mol. The number of carbonyl (C=O) groups excluding carboxylic acids is 1. The number of amides is 1. The van der Waals surface area contributed by atoms with Gasteiger partial charge in [0, 0.05) is 19.5 Å². The molecule has 112 valence electrons. The zero-order valence-electron chi connectivity index (χ0n) is 12.5. The van der Waals surface area contributed by atoms with Gasteiger partial charge < -0.3 is 16.2 Å². The lowest BCUT2D eigenvalue weighted by molar-refractivity contribution is -0.138. The van der Waals surface area contributed by atoms with Crippen LogP contribution >= 0.6 is 0 Å². The molecular formula is C14H28N2O3. The maximum atomic E-state index is 12.0. The standard InChI is InChI=1S/C14H28N2O3/c1-9(2)5-11(6-13(17)18)8-16-14(19)12(7-15)10(3)4/h9-12H,5-8,15H2,1-4H3,(H,16,19)(H,17,18)/t11-,12?/m0/s1. The second kappa shape index (κ2) is 8.91. The third-order valence-electron chi connectivity index (χ3n) is 3.23. The van der Waals surface area contributed by atoms with Crippen LogP contribution in [0.15, 0.2) is 0 Å². The maximum Gasteiger partial charge on any atom is 0.303 e. The summed E-state index contributed by atoms with van der Waals surface area (Å²) in [6, 6.07) is 0. The maximum absolute atomic E-state index is 12.0. The van der Waals surface area contributed by atoms with Crippen molar-refractivity contribution in [2.75, 3.05) is 13.1 Å². The number of hydrogen-bond donors (Lipinski definition) is 3. The summed E-state index contributed by atoms with van der Waals surface area (Å²) in [4.78, 5) is 22.8. The lowest BCUT2D eigenvalue weighted by atomic mass is 9.92. The largest absolute Gasteiger partial charge is 0.481 e. The summed E-state index contributed by atoms with van der Waals surface area (Å²) in [6.45, 7) is 8.74. The van der Waals surface area contributed by atoms with Crippen LogP contribution in [-0.2, 0) is 9.59 Å². The highest BCUT2D eigenvalue weighted by Crippen LogP contribution is 2.15. The van der Waals surface area contributed by atoms with Crippen LogP contribution in [0.3, 0.4) is 0 Å². The van der Waals surface area contributed by atoms with Crippen molar-refractivity contribution in [3.05, 3.63) is 0 Å². The van der Waals surface area contributed by atoms with E-state index in [2.05, 4.69) is 5.32 Å². The Labute approximate surface area is 115 Å². The molecule has 0 aliphatic heterocycles. The summed E-state index contributed by atoms with van der Waals surface area (Å²) in [5.41, 5.74) is 5.59. The molecule has 0 aromatic rings. The molecule has 0 aromatic heterocycles. The molecule has 2 atom stereocenters. The zero-order valence-corrected chi connectivity index (χ0v) is 12.5. The molecule has 0 fully saturated rings. The number of aliphatic carboxylic acids is 1. The van der Waals surface area contributed by atoms with Crippen molar-refractivity contribution >= 4 is 11.9 Å². The molecule has 5 nitrogen and oxygen atoms in total. The summed E-state index contributed by atoms with van der Waals surface area (Å²) in [7, 11) is 0. The Kier molecular flexibility index (Phi) is 8.39. The number of carbonyl (C=O) groups is 2. The molecule has 0 saturated heterocycles. The SMILES string of the molecule is CC(C)C[C@H](CNC(=O)C(CN)C(C)C)CC(=O)O. The number of carboxylic acids is 1. The fourth-order valence-corrected chi connectivity index (χ4v) is 2.21. The lowest BCUT2D eigenvalue weighted by Crippen LogP contribution is -2.40. The van der Waals surface area contributed by atoms with E-state index in [1.54, 1.807) is 0 Å². The molecule has 0 radical (unpaired) electrons. The zero-order chi connectivity index (χ0) is 15.0. The Hall–Kier alpha value is -1.10. The Morgan fingerprint density at radius 3 is 2.16 bits per heavy atom. The van der Waals surface area contributed by atoms with E-state index in [1.165, 1.54) is 0 Å². The van der Waals surface area contributed by atoms with E-state index < -0.39 is 5.97 Å². The van der Waals surface area contributed by atoms with Crippen LogP contribution in [0.5, 0.6) is 0 Å². The highest BCUT2D eigenvalue weighted by molar-refractivity contribution is 5.79. The van der Waals surface area contributed by atoms with Gasteiger partial charge in [-0.1, -0.05) is 27.7 Å². The van der Waals surface area contributed by atoms with Crippen molar-refractivity contribution in [2.45, 2.75) is 40.5 Å². The van der Waals surface area contributed by atoms with Crippen molar-refractivity contribution < 1.29 is 14.7 Å². The third-order valence-corrected chi connectivity index (χ3v) is 3.23. The van der Waals surface area contributed by atoms with Crippen LogP contribution in [0.25, 0.3) is 0 Å². The molecule has 5 heteroatoms. The molecule has 1 unspecified atom stereocenters. The van der Waals surface area contributed by atoms with E-state index in [4.69, 9.17) is 10.8 Å². The molecule has 4 N–H and O–H groups in total. The highest BCUT2D eigenvalue weighted by Gasteiger charge is 2.22. The minimum Gasteiger partial charge on any atom is -0.481 e. The minimum absolute atomic E-state index is 0.0213. The van der Waals surface area contributed by atoms with Crippen LogP contribution < -0.4 is 11.1 Å². The molecule has 1 amide bonds. The van der Waals surface area contributed by atoms with E-state index in [9.17, 15) is 9.59 Å². The van der Waals surface area contributed by atoms with Gasteiger partial charge in [-0.3, -0.25) is 9.59 Å². The fourth-order valence-electron chi connectivity index (χ4n) is 2.21. The van der Waals surface area contributed by atoms with Crippen molar-refractivity contribution in [2.24, 2.45) is 29.4 Å². The summed E-state index contributed by atoms with van der Waals surface area (Å²) in [5.74, 6) is -0.517. The van der Waals surface area contributed by atoms with Crippen molar-refractivity contribution in [3.63, 3.8) is 0 Å². The van der Waals surface area contributed by atoms with Gasteiger partial charge in [0.25, 0.3) is 0 Å². The first-order chi connectivity index (χ1) is 8.77. The Morgan fingerprint density at radius 2 is 1.79 bits per heavy atom. The Balaban J connectivity index is 4.36. The Morgan fingerprint density at radius 1 is 1.21 bits per heavy atom. The van der Waals surface area contributed by atoms with Crippen LogP contribution in [0.1, 0.15) is 40.5 Å². The number of nitrogens with two attached hydrogens (primary N) is 1. The number of rotatable bonds is 9. The average molecular weight is 272 g/mol. The molecule has 0 aliphatic rings. The summed E-state index contributed by atoms with van der Waals surface area (Å²) in [5, 5.41) is 11.7. The first-order valence-electron chi connectivity index (χ1n) is 6.97. The van der Waals surface area contributed by atoms with Crippen molar-refractivity contribution in [3.8, 4) is 0 Å². The van der Waals surface area contributed by atoms with Gasteiger partial charge >= 0.3 is 5.97 Å². The average Bonchev–Trinajstić information content (AvgIpc) is 2.24. The lowest BCUT2D eigenvalue weighted by Gasteiger charge is -2.22. The summed E-state index contributed by atoms with van der Waals surface area (Å²) in [6.07, 6.45) is 0.884. The second-order valence-electron chi connectivity index (χ2n) is 5.92. The summed E-state index contributed by atoms with van der Waals surface area (Å²) < 4.78 is 0. The summed E-state index contributed by atoms with van der Waals surface area (Å²) >= 11 is 0. The number of hydrogen-bond acceptors (Lipinski definition) is 3. The van der Waals surface area contributed by atoms with E-state index in [1.807, 2.05) is 27.7 Å². The van der Waals surface area contributed by atoms with Gasteiger partial charge in [0.2, 0.25) is 5.91 Å². The third kappa shape index (κ3) is 7.82. The normalized spacial score (nSPS) is 14.5. The van der Waals surface area contributed by atoms with Gasteiger partial charge in [-0.2, -0.15) is 0 Å². The van der Waals surface area contributed by atoms with Crippen LogP contribution in [0, 0.1) is 23.7 Å². The predicted octanol–water partition coefficient (Wildman–Crippen LogP) is 1.47. The van der Waals surface area contributed by atoms with Crippen molar-refractivity contribution in [1.82, 2.24) is 5.32 Å². The Bertz CT molecular complexity index is 290. The van der Waals surface area contributed by atoms with Gasteiger partial charge in [-0.15, -0.1) is 0 Å². The van der Waals surface area contributed by atoms with Gasteiger partial charge in [0.05, 0.1) is 5.92 Å². The minimum atomic E-state index is -0.820. The molecular weight excluding hydrogens is 244 g/mol. The van der Waals surface area contributed by atoms with Crippen molar-refractivity contribution in [1.29, 1.82) is 0 Å². The molecule has 0 rings (SSSR count). The quantitative estimate of drug-likeness (QED) is 0.592. The fraction of sp³-hybridized carbons (Fsp3) is 0.857. The van der Waals surface area contributed by atoms with Gasteiger partial charge in [-0.05, 0) is 24.2 Å². The topological polar surface area (TPSA) is 92.4 Å². The van der Waals surface area contributed by atoms with Gasteiger partial charge in [0.15, 0.2) is 0 Å². The molecule has 0 spiro atoms. The molecule has 0 aliphatic carbocycles. The highest BCUT2D eigenvalue weighted by atomic mass is 16.4. The molecule has 0 bridgehead atoms. The van der Waals surface area contributed by atoms with E-state index in [0.717, 1.165) is 6.42 Å².